The van der Waals surface area contributed by atoms with Gasteiger partial charge >= 0.3 is 0 Å². The third-order valence-corrected chi connectivity index (χ3v) is 13.9. The number of hydrogen-bond donors (Lipinski definition) is 0. The summed E-state index contributed by atoms with van der Waals surface area (Å²) in [5.74, 6) is 1.77. The molecular weight excluding hydrogens is 874 g/mol. The third-order valence-electron chi connectivity index (χ3n) is 13.9. The second-order valence-electron chi connectivity index (χ2n) is 18.2. The molecule has 0 fully saturated rings. The average molecular weight is 918 g/mol. The summed E-state index contributed by atoms with van der Waals surface area (Å²) < 4.78 is 6.31. The summed E-state index contributed by atoms with van der Waals surface area (Å²) in [6.07, 6.45) is 0. The van der Waals surface area contributed by atoms with Gasteiger partial charge in [0.15, 0.2) is 17.5 Å². The molecule has 0 amide bonds. The SMILES string of the molecule is c1ccc(C(=C(c2ccc(B(c3cccc4ccccc34)c3cccc4ccccc34)cc2)c2ccc(-c3nc(-c4ccccc4)nc(-c4ccc5c(c4)oc4ccccc45)n3)cc2)c2ccccc2)cc1. The van der Waals surface area contributed by atoms with E-state index in [2.05, 4.69) is 212 Å². The Morgan fingerprint density at radius 1 is 0.292 bits per heavy atom. The maximum Gasteiger partial charge on any atom is 0.242 e. The van der Waals surface area contributed by atoms with Crippen molar-refractivity contribution in [3.05, 3.63) is 289 Å². The maximum absolute atomic E-state index is 6.31. The van der Waals surface area contributed by atoms with Crippen LogP contribution in [0.4, 0.5) is 0 Å². The smallest absolute Gasteiger partial charge is 0.242 e. The van der Waals surface area contributed by atoms with Crippen LogP contribution in [0.25, 0.3) is 88.8 Å². The largest absolute Gasteiger partial charge is 0.456 e. The van der Waals surface area contributed by atoms with E-state index >= 15 is 0 Å². The predicted octanol–water partition coefficient (Wildman–Crippen LogP) is 14.6. The van der Waals surface area contributed by atoms with Crippen LogP contribution in [0.5, 0.6) is 0 Å². The minimum atomic E-state index is -0.0164. The number of aromatic nitrogens is 3. The number of fused-ring (bicyclic) bond motifs is 5. The van der Waals surface area contributed by atoms with Crippen molar-refractivity contribution < 1.29 is 4.42 Å². The summed E-state index contributed by atoms with van der Waals surface area (Å²) in [6, 6.07) is 94.9. The van der Waals surface area contributed by atoms with Gasteiger partial charge in [-0.05, 0) is 73.1 Å². The van der Waals surface area contributed by atoms with Gasteiger partial charge in [-0.15, -0.1) is 0 Å². The Labute approximate surface area is 418 Å². The Balaban J connectivity index is 0.964. The van der Waals surface area contributed by atoms with Gasteiger partial charge in [0.25, 0.3) is 0 Å². The highest BCUT2D eigenvalue weighted by molar-refractivity contribution is 6.98. The number of benzene rings is 11. The monoisotopic (exact) mass is 917 g/mol. The first kappa shape index (κ1) is 42.6. The fourth-order valence-corrected chi connectivity index (χ4v) is 10.5. The van der Waals surface area contributed by atoms with Gasteiger partial charge in [-0.25, -0.2) is 15.0 Å². The second-order valence-corrected chi connectivity index (χ2v) is 18.2. The van der Waals surface area contributed by atoms with Crippen LogP contribution in [0.1, 0.15) is 22.3 Å². The zero-order valence-electron chi connectivity index (χ0n) is 39.2. The Bertz CT molecular complexity index is 4000. The van der Waals surface area contributed by atoms with Crippen LogP contribution in [-0.2, 0) is 0 Å². The highest BCUT2D eigenvalue weighted by Gasteiger charge is 2.26. The molecule has 0 bridgehead atoms. The van der Waals surface area contributed by atoms with Gasteiger partial charge in [0, 0.05) is 27.5 Å². The average Bonchev–Trinajstić information content (AvgIpc) is 3.84. The molecule has 13 aromatic rings. The molecular formula is C67H44BN3O. The van der Waals surface area contributed by atoms with E-state index in [0.717, 1.165) is 72.0 Å². The van der Waals surface area contributed by atoms with Gasteiger partial charge in [0.05, 0.1) is 0 Å². The molecule has 0 aliphatic rings. The summed E-state index contributed by atoms with van der Waals surface area (Å²) in [5, 5.41) is 7.11. The molecule has 0 atom stereocenters. The van der Waals surface area contributed by atoms with Gasteiger partial charge in [-0.3, -0.25) is 0 Å². The molecule has 0 aliphatic carbocycles. The van der Waals surface area contributed by atoms with Gasteiger partial charge in [-0.1, -0.05) is 265 Å². The van der Waals surface area contributed by atoms with Crippen LogP contribution in [0.2, 0.25) is 0 Å². The molecule has 336 valence electrons. The van der Waals surface area contributed by atoms with E-state index in [1.807, 2.05) is 54.6 Å². The van der Waals surface area contributed by atoms with Crippen molar-refractivity contribution in [3.8, 4) is 34.2 Å². The summed E-state index contributed by atoms with van der Waals surface area (Å²) in [4.78, 5) is 15.3. The van der Waals surface area contributed by atoms with Gasteiger partial charge in [0.1, 0.15) is 11.2 Å². The molecule has 11 aromatic carbocycles. The van der Waals surface area contributed by atoms with Crippen molar-refractivity contribution in [2.75, 3.05) is 0 Å². The van der Waals surface area contributed by atoms with Crippen molar-refractivity contribution >= 4 is 77.7 Å². The summed E-state index contributed by atoms with van der Waals surface area (Å²) in [6.45, 7) is -0.0164. The molecule has 0 spiro atoms. The number of para-hydroxylation sites is 1. The topological polar surface area (TPSA) is 51.8 Å². The summed E-state index contributed by atoms with van der Waals surface area (Å²) in [5.41, 5.74) is 14.8. The van der Waals surface area contributed by atoms with Crippen LogP contribution in [0.3, 0.4) is 0 Å². The fourth-order valence-electron chi connectivity index (χ4n) is 10.5. The van der Waals surface area contributed by atoms with Gasteiger partial charge in [0.2, 0.25) is 6.71 Å². The van der Waals surface area contributed by atoms with Crippen molar-refractivity contribution in [3.63, 3.8) is 0 Å². The minimum Gasteiger partial charge on any atom is -0.456 e. The molecule has 0 N–H and O–H groups in total. The summed E-state index contributed by atoms with van der Waals surface area (Å²) >= 11 is 0. The van der Waals surface area contributed by atoms with Crippen LogP contribution in [0, 0.1) is 0 Å². The summed E-state index contributed by atoms with van der Waals surface area (Å²) in [7, 11) is 0. The first-order chi connectivity index (χ1) is 35.7. The Morgan fingerprint density at radius 2 is 0.694 bits per heavy atom. The zero-order valence-corrected chi connectivity index (χ0v) is 39.2. The van der Waals surface area contributed by atoms with Gasteiger partial charge < -0.3 is 4.42 Å². The minimum absolute atomic E-state index is 0.0164. The molecule has 0 saturated carbocycles. The lowest BCUT2D eigenvalue weighted by Crippen LogP contribution is -2.52. The van der Waals surface area contributed by atoms with E-state index < -0.39 is 0 Å². The Kier molecular flexibility index (Phi) is 10.9. The molecule has 0 radical (unpaired) electrons. The van der Waals surface area contributed by atoms with Crippen molar-refractivity contribution in [1.82, 2.24) is 15.0 Å². The van der Waals surface area contributed by atoms with Gasteiger partial charge in [-0.2, -0.15) is 0 Å². The molecule has 2 aromatic heterocycles. The Morgan fingerprint density at radius 3 is 1.26 bits per heavy atom. The first-order valence-electron chi connectivity index (χ1n) is 24.4. The standard InChI is InChI=1S/C67H44BN3O/c1-4-20-47(21-5-1)63(48-22-6-2-7-23-48)64(50-38-41-54(42-39-50)68(59-31-16-26-45-18-10-12-28-55(45)59)60-32-17-27-46-19-11-13-29-56(46)60)49-34-36-52(37-35-49)66-69-65(51-24-8-3-9-25-51)70-67(71-66)53-40-43-58-57-30-14-15-33-61(57)72-62(58)44-53/h1-44H. The molecule has 4 nitrogen and oxygen atoms in total. The van der Waals surface area contributed by atoms with Crippen molar-refractivity contribution in [1.29, 1.82) is 0 Å². The van der Waals surface area contributed by atoms with E-state index in [9.17, 15) is 0 Å². The maximum atomic E-state index is 6.31. The van der Waals surface area contributed by atoms with E-state index in [1.165, 1.54) is 37.9 Å². The quantitative estimate of drug-likeness (QED) is 0.101. The van der Waals surface area contributed by atoms with Crippen LogP contribution in [-0.4, -0.2) is 21.7 Å². The van der Waals surface area contributed by atoms with Crippen molar-refractivity contribution in [2.45, 2.75) is 0 Å². The molecule has 0 saturated heterocycles. The number of furan rings is 1. The van der Waals surface area contributed by atoms with E-state index in [0.29, 0.717) is 17.5 Å². The molecule has 2 heterocycles. The first-order valence-corrected chi connectivity index (χ1v) is 24.4. The molecule has 13 rings (SSSR count). The molecule has 0 aliphatic heterocycles. The van der Waals surface area contributed by atoms with E-state index in [1.54, 1.807) is 0 Å². The lowest BCUT2D eigenvalue weighted by molar-refractivity contribution is 0.669. The molecule has 72 heavy (non-hydrogen) atoms. The molecule has 0 unspecified atom stereocenters. The lowest BCUT2D eigenvalue weighted by Gasteiger charge is -2.21. The van der Waals surface area contributed by atoms with Crippen LogP contribution < -0.4 is 16.4 Å². The Hall–Kier alpha value is -9.45. The second kappa shape index (κ2) is 18.5. The highest BCUT2D eigenvalue weighted by atomic mass is 16.3. The predicted molar refractivity (Wildman–Crippen MR) is 300 cm³/mol. The van der Waals surface area contributed by atoms with Crippen LogP contribution >= 0.6 is 0 Å². The number of hydrogen-bond acceptors (Lipinski definition) is 4. The van der Waals surface area contributed by atoms with Crippen LogP contribution in [0.15, 0.2) is 271 Å². The number of rotatable bonds is 10. The highest BCUT2D eigenvalue weighted by Crippen LogP contribution is 2.38. The fraction of sp³-hybridized carbons (Fsp3) is 0. The third kappa shape index (κ3) is 7.93. The van der Waals surface area contributed by atoms with Crippen molar-refractivity contribution in [2.24, 2.45) is 0 Å². The molecule has 5 heteroatoms. The number of nitrogens with zero attached hydrogens (tertiary/aromatic N) is 3. The zero-order chi connectivity index (χ0) is 47.8. The van der Waals surface area contributed by atoms with E-state index in [4.69, 9.17) is 19.4 Å². The van der Waals surface area contributed by atoms with E-state index in [-0.39, 0.29) is 6.71 Å². The lowest BCUT2D eigenvalue weighted by atomic mass is 9.35. The normalized spacial score (nSPS) is 11.3.